The smallest absolute Gasteiger partial charge is 0.330 e. The minimum absolute atomic E-state index is 0.0909. The van der Waals surface area contributed by atoms with E-state index in [1.807, 2.05) is 49.4 Å². The van der Waals surface area contributed by atoms with Crippen molar-refractivity contribution in [3.05, 3.63) is 89.2 Å². The van der Waals surface area contributed by atoms with E-state index in [0.29, 0.717) is 11.3 Å². The fourth-order valence-corrected chi connectivity index (χ4v) is 3.90. The van der Waals surface area contributed by atoms with Gasteiger partial charge in [-0.2, -0.15) is 0 Å². The maximum absolute atomic E-state index is 14.3. The number of carbonyl (C=O) groups excluding carboxylic acids is 1. The highest BCUT2D eigenvalue weighted by Crippen LogP contribution is 2.37. The lowest BCUT2D eigenvalue weighted by Gasteiger charge is -2.27. The molecule has 32 heavy (non-hydrogen) atoms. The molecule has 0 N–H and O–H groups in total. The van der Waals surface area contributed by atoms with E-state index in [4.69, 9.17) is 14.2 Å². The molecule has 0 fully saturated rings. The molecule has 1 unspecified atom stereocenters. The Morgan fingerprint density at radius 2 is 1.84 bits per heavy atom. The van der Waals surface area contributed by atoms with Crippen molar-refractivity contribution in [2.45, 2.75) is 25.9 Å². The van der Waals surface area contributed by atoms with Gasteiger partial charge >= 0.3 is 5.97 Å². The van der Waals surface area contributed by atoms with Gasteiger partial charge in [-0.3, -0.25) is 0 Å². The summed E-state index contributed by atoms with van der Waals surface area (Å²) in [6.45, 7) is 1.87. The predicted molar refractivity (Wildman–Crippen MR) is 122 cm³/mol. The van der Waals surface area contributed by atoms with Crippen molar-refractivity contribution in [1.82, 2.24) is 0 Å². The zero-order chi connectivity index (χ0) is 22.7. The maximum atomic E-state index is 14.3. The van der Waals surface area contributed by atoms with Crippen LogP contribution in [0.1, 0.15) is 36.1 Å². The van der Waals surface area contributed by atoms with Crippen LogP contribution in [0.5, 0.6) is 11.5 Å². The van der Waals surface area contributed by atoms with E-state index in [1.165, 1.54) is 19.3 Å². The van der Waals surface area contributed by atoms with E-state index in [1.54, 1.807) is 19.2 Å². The third kappa shape index (κ3) is 4.52. The van der Waals surface area contributed by atoms with Crippen LogP contribution in [-0.2, 0) is 16.0 Å². The molecule has 3 aromatic carbocycles. The number of esters is 1. The number of fused-ring (bicyclic) bond motifs is 1. The van der Waals surface area contributed by atoms with Crippen LogP contribution >= 0.6 is 0 Å². The van der Waals surface area contributed by atoms with Crippen LogP contribution in [0.25, 0.3) is 16.7 Å². The predicted octanol–water partition coefficient (Wildman–Crippen LogP) is 6.14. The number of methoxy groups -OCH3 is 2. The third-order valence-electron chi connectivity index (χ3n) is 5.77. The lowest BCUT2D eigenvalue weighted by Crippen LogP contribution is -2.15. The van der Waals surface area contributed by atoms with Crippen LogP contribution in [-0.4, -0.2) is 20.2 Å². The molecule has 1 aliphatic heterocycles. The molecule has 4 rings (SSSR count). The van der Waals surface area contributed by atoms with Gasteiger partial charge in [-0.15, -0.1) is 0 Å². The Hall–Kier alpha value is -3.60. The molecule has 0 radical (unpaired) electrons. The van der Waals surface area contributed by atoms with E-state index in [0.717, 1.165) is 46.4 Å². The number of halogens is 1. The second kappa shape index (κ2) is 9.27. The first kappa shape index (κ1) is 21.6. The van der Waals surface area contributed by atoms with Crippen molar-refractivity contribution in [1.29, 1.82) is 0 Å². The number of benzene rings is 3. The molecule has 0 aliphatic carbocycles. The van der Waals surface area contributed by atoms with Gasteiger partial charge in [0.05, 0.1) is 14.2 Å². The van der Waals surface area contributed by atoms with Gasteiger partial charge in [-0.05, 0) is 71.9 Å². The van der Waals surface area contributed by atoms with Crippen LogP contribution in [0.4, 0.5) is 4.39 Å². The second-order valence-electron chi connectivity index (χ2n) is 7.79. The van der Waals surface area contributed by atoms with Crippen LogP contribution in [0.3, 0.4) is 0 Å². The minimum Gasteiger partial charge on any atom is -0.497 e. The molecular weight excluding hydrogens is 407 g/mol. The molecule has 164 valence electrons. The van der Waals surface area contributed by atoms with Gasteiger partial charge in [0.15, 0.2) is 0 Å². The lowest BCUT2D eigenvalue weighted by atomic mass is 9.94. The quantitative estimate of drug-likeness (QED) is 0.359. The molecule has 5 heteroatoms. The fourth-order valence-electron chi connectivity index (χ4n) is 3.90. The topological polar surface area (TPSA) is 44.8 Å². The van der Waals surface area contributed by atoms with Crippen molar-refractivity contribution < 1.29 is 23.4 Å². The Bertz CT molecular complexity index is 1160. The largest absolute Gasteiger partial charge is 0.497 e. The van der Waals surface area contributed by atoms with Crippen molar-refractivity contribution in [3.8, 4) is 22.6 Å². The van der Waals surface area contributed by atoms with Gasteiger partial charge in [0, 0.05) is 11.6 Å². The van der Waals surface area contributed by atoms with Crippen LogP contribution in [0.2, 0.25) is 0 Å². The number of aryl methyl sites for hydroxylation is 1. The molecule has 3 aromatic rings. The zero-order valence-electron chi connectivity index (χ0n) is 18.4. The Labute approximate surface area is 187 Å². The van der Waals surface area contributed by atoms with Crippen molar-refractivity contribution in [2.75, 3.05) is 14.2 Å². The summed E-state index contributed by atoms with van der Waals surface area (Å²) in [5.41, 5.74) is 5.20. The first-order valence-corrected chi connectivity index (χ1v) is 10.5. The third-order valence-corrected chi connectivity index (χ3v) is 5.77. The average Bonchev–Trinajstić information content (AvgIpc) is 2.83. The first-order valence-electron chi connectivity index (χ1n) is 10.5. The van der Waals surface area contributed by atoms with Crippen LogP contribution in [0, 0.1) is 5.82 Å². The highest BCUT2D eigenvalue weighted by molar-refractivity contribution is 5.91. The van der Waals surface area contributed by atoms with Crippen molar-refractivity contribution >= 4 is 11.5 Å². The Balaban J connectivity index is 1.55. The summed E-state index contributed by atoms with van der Waals surface area (Å²) < 4.78 is 30.5. The maximum Gasteiger partial charge on any atom is 0.330 e. The standard InChI is InChI=1S/C27H25FO4/c1-17(14-27(29)31-3)21-9-8-20-10-13-25(32-26(20)15-21)19-6-4-18(5-7-19)23-16-22(30-2)11-12-24(23)28/h4-9,11-12,14-16,25H,10,13H2,1-3H3/b17-14-. The van der Waals surface area contributed by atoms with Crippen molar-refractivity contribution in [2.24, 2.45) is 0 Å². The number of hydrogen-bond acceptors (Lipinski definition) is 4. The minimum atomic E-state index is -0.383. The van der Waals surface area contributed by atoms with Crippen LogP contribution in [0.15, 0.2) is 66.7 Å². The highest BCUT2D eigenvalue weighted by Gasteiger charge is 2.22. The Morgan fingerprint density at radius 3 is 2.56 bits per heavy atom. The normalized spacial score (nSPS) is 15.5. The summed E-state index contributed by atoms with van der Waals surface area (Å²) in [6, 6.07) is 18.5. The summed E-state index contributed by atoms with van der Waals surface area (Å²) in [7, 11) is 2.93. The second-order valence-corrected chi connectivity index (χ2v) is 7.79. The molecule has 4 nitrogen and oxygen atoms in total. The van der Waals surface area contributed by atoms with E-state index >= 15 is 0 Å². The zero-order valence-corrected chi connectivity index (χ0v) is 18.4. The average molecular weight is 432 g/mol. The molecular formula is C27H25FO4. The van der Waals surface area contributed by atoms with Gasteiger partial charge < -0.3 is 14.2 Å². The molecule has 0 saturated carbocycles. The van der Waals surface area contributed by atoms with Crippen LogP contribution < -0.4 is 9.47 Å². The summed E-state index contributed by atoms with van der Waals surface area (Å²) in [5.74, 6) is 0.764. The molecule has 0 amide bonds. The SMILES string of the molecule is COC(=O)/C=C(/C)c1ccc2c(c1)OC(c1ccc(-c3cc(OC)ccc3F)cc1)CC2. The molecule has 0 aromatic heterocycles. The van der Waals surface area contributed by atoms with Crippen molar-refractivity contribution in [3.63, 3.8) is 0 Å². The molecule has 1 atom stereocenters. The summed E-state index contributed by atoms with van der Waals surface area (Å²) in [5, 5.41) is 0. The number of rotatable bonds is 5. The Kier molecular flexibility index (Phi) is 6.26. The molecule has 1 aliphatic rings. The summed E-state index contributed by atoms with van der Waals surface area (Å²) >= 11 is 0. The van der Waals surface area contributed by atoms with E-state index in [-0.39, 0.29) is 17.9 Å². The van der Waals surface area contributed by atoms with E-state index < -0.39 is 0 Å². The van der Waals surface area contributed by atoms with E-state index in [2.05, 4.69) is 0 Å². The first-order chi connectivity index (χ1) is 15.5. The van der Waals surface area contributed by atoms with Gasteiger partial charge in [0.1, 0.15) is 23.4 Å². The van der Waals surface area contributed by atoms with E-state index in [9.17, 15) is 9.18 Å². The van der Waals surface area contributed by atoms with Gasteiger partial charge in [-0.1, -0.05) is 36.4 Å². The number of allylic oxidation sites excluding steroid dienone is 1. The number of hydrogen-bond donors (Lipinski definition) is 0. The number of carbonyl (C=O) groups is 1. The van der Waals surface area contributed by atoms with Gasteiger partial charge in [0.25, 0.3) is 0 Å². The van der Waals surface area contributed by atoms with Gasteiger partial charge in [0.2, 0.25) is 0 Å². The lowest BCUT2D eigenvalue weighted by molar-refractivity contribution is -0.134. The molecule has 0 spiro atoms. The highest BCUT2D eigenvalue weighted by atomic mass is 19.1. The summed E-state index contributed by atoms with van der Waals surface area (Å²) in [4.78, 5) is 11.5. The summed E-state index contributed by atoms with van der Waals surface area (Å²) in [6.07, 6.45) is 3.13. The molecule has 0 bridgehead atoms. The molecule has 0 saturated heterocycles. The Morgan fingerprint density at radius 1 is 1.06 bits per heavy atom. The monoisotopic (exact) mass is 432 g/mol. The molecule has 1 heterocycles. The fraction of sp³-hybridized carbons (Fsp3) is 0.222. The number of ether oxygens (including phenoxy) is 3. The van der Waals surface area contributed by atoms with Gasteiger partial charge in [-0.25, -0.2) is 9.18 Å².